The molecule has 3 aliphatic rings. The second-order valence-corrected chi connectivity index (χ2v) is 19.5. The van der Waals surface area contributed by atoms with Crippen LogP contribution in [-0.2, 0) is 18.3 Å². The molecule has 0 aliphatic heterocycles. The van der Waals surface area contributed by atoms with E-state index in [9.17, 15) is 0 Å². The summed E-state index contributed by atoms with van der Waals surface area (Å²) in [5, 5.41) is 0. The fourth-order valence-corrected chi connectivity index (χ4v) is 9.24. The number of rotatable bonds is 13. The van der Waals surface area contributed by atoms with Crippen LogP contribution in [0.3, 0.4) is 0 Å². The largest absolute Gasteiger partial charge is 0.311 e. The van der Waals surface area contributed by atoms with Crippen molar-refractivity contribution in [3.63, 3.8) is 0 Å². The number of allylic oxidation sites excluding steroid dienone is 12. The number of aryl methyl sites for hydroxylation is 2. The SMILES string of the molecule is C=CCCc1ccc(N(C2=CC=CC(C)(C)C=C2)c2ccc3c(c2)C(C)(c2ccccc2)c2cc(N(C4=CC=CC(C)(C(C)(C)C)C=C4)c4ccc(CCC=C)cc4)ccc2-3)cc1. The summed E-state index contributed by atoms with van der Waals surface area (Å²) in [6, 6.07) is 43.6. The van der Waals surface area contributed by atoms with E-state index < -0.39 is 5.41 Å². The van der Waals surface area contributed by atoms with Crippen molar-refractivity contribution in [3.05, 3.63) is 241 Å². The highest BCUT2D eigenvalue weighted by Gasteiger charge is 2.42. The molecule has 0 aromatic heterocycles. The van der Waals surface area contributed by atoms with Crippen molar-refractivity contribution in [1.29, 1.82) is 0 Å². The van der Waals surface area contributed by atoms with Gasteiger partial charge in [-0.3, -0.25) is 0 Å². The molecule has 0 bridgehead atoms. The second-order valence-electron chi connectivity index (χ2n) is 19.5. The zero-order valence-corrected chi connectivity index (χ0v) is 38.5. The van der Waals surface area contributed by atoms with Gasteiger partial charge in [0, 0.05) is 50.4 Å². The molecule has 2 heteroatoms. The third-order valence-electron chi connectivity index (χ3n) is 13.8. The normalized spacial score (nSPS) is 19.6. The highest BCUT2D eigenvalue weighted by atomic mass is 15.2. The smallest absolute Gasteiger partial charge is 0.0465 e. The van der Waals surface area contributed by atoms with Gasteiger partial charge < -0.3 is 9.80 Å². The number of hydrogen-bond acceptors (Lipinski definition) is 2. The van der Waals surface area contributed by atoms with Crippen LogP contribution in [0.1, 0.15) is 89.1 Å². The molecule has 2 atom stereocenters. The maximum atomic E-state index is 3.96. The zero-order valence-electron chi connectivity index (χ0n) is 38.5. The van der Waals surface area contributed by atoms with Crippen molar-refractivity contribution in [2.75, 3.05) is 9.80 Å². The van der Waals surface area contributed by atoms with Crippen molar-refractivity contribution in [2.24, 2.45) is 16.2 Å². The average molecular weight is 825 g/mol. The Balaban J connectivity index is 1.28. The lowest BCUT2D eigenvalue weighted by Crippen LogP contribution is -2.28. The van der Waals surface area contributed by atoms with Crippen molar-refractivity contribution < 1.29 is 0 Å². The summed E-state index contributed by atoms with van der Waals surface area (Å²) < 4.78 is 0. The molecule has 5 aromatic carbocycles. The standard InChI is InChI=1S/C61H64N2/c1-10-12-19-45-25-29-50(30-26-45)62(48-23-17-39-59(6,7)41-37-48)52-33-35-54-55-36-34-53(44-57(55)61(9,56(54)43-52)47-21-15-14-16-22-47)63(51-31-27-46(28-32-51)20-13-11-2)49-24-18-40-60(8,42-38-49)58(3,4)5/h10-11,14-18,21-44H,1-2,12-13,19-20H2,3-9H3. The highest BCUT2D eigenvalue weighted by molar-refractivity contribution is 5.88. The van der Waals surface area contributed by atoms with Gasteiger partial charge in [-0.1, -0.05) is 157 Å². The third kappa shape index (κ3) is 8.57. The van der Waals surface area contributed by atoms with E-state index in [0.29, 0.717) is 0 Å². The van der Waals surface area contributed by atoms with Crippen molar-refractivity contribution in [2.45, 2.75) is 79.6 Å². The Labute approximate surface area is 378 Å². The minimum atomic E-state index is -0.438. The Morgan fingerprint density at radius 3 is 1.46 bits per heavy atom. The quantitative estimate of drug-likeness (QED) is 0.109. The number of nitrogens with zero attached hydrogens (tertiary/aromatic N) is 2. The van der Waals surface area contributed by atoms with Crippen LogP contribution in [0.2, 0.25) is 0 Å². The third-order valence-corrected chi connectivity index (χ3v) is 13.8. The lowest BCUT2D eigenvalue weighted by Gasteiger charge is -2.37. The van der Waals surface area contributed by atoms with Crippen LogP contribution < -0.4 is 9.80 Å². The van der Waals surface area contributed by atoms with Crippen LogP contribution in [0.5, 0.6) is 0 Å². The van der Waals surface area contributed by atoms with Gasteiger partial charge >= 0.3 is 0 Å². The topological polar surface area (TPSA) is 6.48 Å². The first-order valence-electron chi connectivity index (χ1n) is 22.8. The van der Waals surface area contributed by atoms with Gasteiger partial charge in [-0.15, -0.1) is 13.2 Å². The maximum Gasteiger partial charge on any atom is 0.0465 e. The molecule has 0 radical (unpaired) electrons. The summed E-state index contributed by atoms with van der Waals surface area (Å²) in [5.41, 5.74) is 15.3. The molecule has 0 amide bonds. The molecule has 2 unspecified atom stereocenters. The summed E-state index contributed by atoms with van der Waals surface area (Å²) in [4.78, 5) is 4.86. The first-order chi connectivity index (χ1) is 30.2. The fraction of sp³-hybridized carbons (Fsp3) is 0.246. The lowest BCUT2D eigenvalue weighted by atomic mass is 9.68. The van der Waals surface area contributed by atoms with E-state index in [4.69, 9.17) is 0 Å². The second kappa shape index (κ2) is 17.4. The van der Waals surface area contributed by atoms with Gasteiger partial charge in [0.25, 0.3) is 0 Å². The molecule has 0 saturated heterocycles. The Hall–Kier alpha value is -6.38. The summed E-state index contributed by atoms with van der Waals surface area (Å²) in [7, 11) is 0. The number of hydrogen-bond donors (Lipinski definition) is 0. The van der Waals surface area contributed by atoms with Gasteiger partial charge in [0.1, 0.15) is 0 Å². The Bertz CT molecular complexity index is 2670. The van der Waals surface area contributed by atoms with E-state index in [2.05, 4.69) is 247 Å². The summed E-state index contributed by atoms with van der Waals surface area (Å²) in [6.07, 6.45) is 30.8. The van der Waals surface area contributed by atoms with E-state index in [1.807, 2.05) is 12.2 Å². The van der Waals surface area contributed by atoms with E-state index >= 15 is 0 Å². The van der Waals surface area contributed by atoms with Gasteiger partial charge in [0.05, 0.1) is 0 Å². The van der Waals surface area contributed by atoms with Gasteiger partial charge in [-0.2, -0.15) is 0 Å². The van der Waals surface area contributed by atoms with Crippen molar-refractivity contribution >= 4 is 22.7 Å². The predicted octanol–water partition coefficient (Wildman–Crippen LogP) is 16.6. The van der Waals surface area contributed by atoms with Crippen molar-refractivity contribution in [3.8, 4) is 11.1 Å². The van der Waals surface area contributed by atoms with Crippen LogP contribution in [0.4, 0.5) is 22.7 Å². The molecule has 5 aromatic rings. The van der Waals surface area contributed by atoms with Crippen LogP contribution >= 0.6 is 0 Å². The van der Waals surface area contributed by atoms with E-state index in [-0.39, 0.29) is 16.2 Å². The molecule has 0 fully saturated rings. The molecule has 0 saturated carbocycles. The maximum absolute atomic E-state index is 3.96. The van der Waals surface area contributed by atoms with Gasteiger partial charge in [0.15, 0.2) is 0 Å². The summed E-state index contributed by atoms with van der Waals surface area (Å²) in [6.45, 7) is 24.2. The molecule has 0 N–H and O–H groups in total. The lowest BCUT2D eigenvalue weighted by molar-refractivity contribution is 0.228. The highest BCUT2D eigenvalue weighted by Crippen LogP contribution is 2.55. The molecule has 8 rings (SSSR count). The number of anilines is 4. The molecular formula is C61H64N2. The van der Waals surface area contributed by atoms with Gasteiger partial charge in [0.2, 0.25) is 0 Å². The molecule has 0 spiro atoms. The van der Waals surface area contributed by atoms with Gasteiger partial charge in [-0.05, 0) is 150 Å². The monoisotopic (exact) mass is 825 g/mol. The first kappa shape index (κ1) is 43.3. The van der Waals surface area contributed by atoms with Gasteiger partial charge in [-0.25, -0.2) is 0 Å². The molecule has 63 heavy (non-hydrogen) atoms. The van der Waals surface area contributed by atoms with Crippen LogP contribution in [0.25, 0.3) is 11.1 Å². The molecule has 0 heterocycles. The summed E-state index contributed by atoms with van der Waals surface area (Å²) in [5.74, 6) is 0. The predicted molar refractivity (Wildman–Crippen MR) is 272 cm³/mol. The molecule has 3 aliphatic carbocycles. The first-order valence-corrected chi connectivity index (χ1v) is 22.8. The fourth-order valence-electron chi connectivity index (χ4n) is 9.24. The van der Waals surface area contributed by atoms with E-state index in [1.54, 1.807) is 0 Å². The Morgan fingerprint density at radius 2 is 0.984 bits per heavy atom. The van der Waals surface area contributed by atoms with Crippen LogP contribution in [0, 0.1) is 16.2 Å². The van der Waals surface area contributed by atoms with Crippen LogP contribution in [-0.4, -0.2) is 0 Å². The number of benzene rings is 5. The number of fused-ring (bicyclic) bond motifs is 3. The summed E-state index contributed by atoms with van der Waals surface area (Å²) >= 11 is 0. The molecule has 318 valence electrons. The van der Waals surface area contributed by atoms with Crippen LogP contribution in [0.15, 0.2) is 213 Å². The molecule has 2 nitrogen and oxygen atoms in total. The minimum absolute atomic E-state index is 0.0474. The molecular weight excluding hydrogens is 761 g/mol. The zero-order chi connectivity index (χ0) is 44.4. The van der Waals surface area contributed by atoms with E-state index in [1.165, 1.54) is 38.9 Å². The average Bonchev–Trinajstić information content (AvgIpc) is 3.42. The minimum Gasteiger partial charge on any atom is -0.311 e. The van der Waals surface area contributed by atoms with Crippen molar-refractivity contribution in [1.82, 2.24) is 0 Å². The van der Waals surface area contributed by atoms with E-state index in [0.717, 1.165) is 59.8 Å². The Kier molecular flexibility index (Phi) is 12.0. The Morgan fingerprint density at radius 1 is 0.524 bits per heavy atom.